The van der Waals surface area contributed by atoms with Gasteiger partial charge in [-0.25, -0.2) is 4.79 Å². The van der Waals surface area contributed by atoms with Crippen LogP contribution in [0.3, 0.4) is 0 Å². The van der Waals surface area contributed by atoms with Crippen molar-refractivity contribution in [2.24, 2.45) is 0 Å². The zero-order valence-corrected chi connectivity index (χ0v) is 14.6. The van der Waals surface area contributed by atoms with Crippen LogP contribution in [0.5, 0.6) is 5.75 Å². The summed E-state index contributed by atoms with van der Waals surface area (Å²) in [7, 11) is 0. The highest BCUT2D eigenvalue weighted by molar-refractivity contribution is 6.05. The maximum atomic E-state index is 12.4. The second-order valence-electron chi connectivity index (χ2n) is 5.71. The van der Waals surface area contributed by atoms with Crippen LogP contribution in [-0.2, 0) is 9.53 Å². The van der Waals surface area contributed by atoms with E-state index in [9.17, 15) is 9.59 Å². The lowest BCUT2D eigenvalue weighted by Gasteiger charge is -2.15. The summed E-state index contributed by atoms with van der Waals surface area (Å²) in [5.41, 5.74) is 1.77. The van der Waals surface area contributed by atoms with E-state index in [1.165, 1.54) is 6.92 Å². The standard InChI is InChI=1S/C20H20N2O4/c1-3-25-18-11-7-6-10-17(18)22-19(23)13(2)26-20(24)15-12-21-16-9-5-4-8-14(15)16/h4-13,21H,3H2,1-2H3,(H,22,23). The number of hydrogen-bond donors (Lipinski definition) is 2. The normalized spacial score (nSPS) is 11.8. The van der Waals surface area contributed by atoms with Crippen LogP contribution in [-0.4, -0.2) is 29.6 Å². The third-order valence-corrected chi connectivity index (χ3v) is 3.91. The first-order valence-electron chi connectivity index (χ1n) is 8.40. The van der Waals surface area contributed by atoms with Gasteiger partial charge in [-0.15, -0.1) is 0 Å². The highest BCUT2D eigenvalue weighted by atomic mass is 16.5. The van der Waals surface area contributed by atoms with Gasteiger partial charge in [0.1, 0.15) is 5.75 Å². The fraction of sp³-hybridized carbons (Fsp3) is 0.200. The fourth-order valence-corrected chi connectivity index (χ4v) is 2.60. The van der Waals surface area contributed by atoms with Crippen molar-refractivity contribution >= 4 is 28.5 Å². The van der Waals surface area contributed by atoms with Gasteiger partial charge in [-0.2, -0.15) is 0 Å². The molecule has 0 bridgehead atoms. The minimum absolute atomic E-state index is 0.398. The Labute approximate surface area is 151 Å². The fourth-order valence-electron chi connectivity index (χ4n) is 2.60. The Morgan fingerprint density at radius 3 is 2.65 bits per heavy atom. The minimum Gasteiger partial charge on any atom is -0.492 e. The molecule has 6 heteroatoms. The first-order valence-corrected chi connectivity index (χ1v) is 8.40. The number of rotatable bonds is 6. The molecule has 3 rings (SSSR count). The molecule has 0 radical (unpaired) electrons. The molecule has 134 valence electrons. The summed E-state index contributed by atoms with van der Waals surface area (Å²) in [5, 5.41) is 3.49. The van der Waals surface area contributed by atoms with Gasteiger partial charge in [0.25, 0.3) is 5.91 Å². The van der Waals surface area contributed by atoms with Crippen LogP contribution in [0.15, 0.2) is 54.7 Å². The summed E-state index contributed by atoms with van der Waals surface area (Å²) in [4.78, 5) is 27.8. The number of carbonyl (C=O) groups is 2. The van der Waals surface area contributed by atoms with E-state index in [1.54, 1.807) is 24.4 Å². The van der Waals surface area contributed by atoms with Crippen LogP contribution in [0.25, 0.3) is 10.9 Å². The number of aromatic nitrogens is 1. The van der Waals surface area contributed by atoms with E-state index in [-0.39, 0.29) is 0 Å². The largest absolute Gasteiger partial charge is 0.492 e. The Morgan fingerprint density at radius 1 is 1.12 bits per heavy atom. The number of fused-ring (bicyclic) bond motifs is 1. The number of ether oxygens (including phenoxy) is 2. The molecule has 1 atom stereocenters. The number of esters is 1. The number of aromatic amines is 1. The smallest absolute Gasteiger partial charge is 0.341 e. The Balaban J connectivity index is 1.69. The zero-order valence-electron chi connectivity index (χ0n) is 14.6. The molecule has 2 aromatic carbocycles. The Kier molecular flexibility index (Phi) is 5.22. The van der Waals surface area contributed by atoms with Crippen LogP contribution in [0.1, 0.15) is 24.2 Å². The molecule has 0 saturated carbocycles. The molecule has 0 aliphatic rings. The van der Waals surface area contributed by atoms with Gasteiger partial charge in [-0.3, -0.25) is 4.79 Å². The SMILES string of the molecule is CCOc1ccccc1NC(=O)C(C)OC(=O)c1c[nH]c2ccccc12. The van der Waals surface area contributed by atoms with Crippen molar-refractivity contribution in [1.29, 1.82) is 0 Å². The monoisotopic (exact) mass is 352 g/mol. The summed E-state index contributed by atoms with van der Waals surface area (Å²) in [5.74, 6) is -0.410. The second kappa shape index (κ2) is 7.74. The molecule has 0 aliphatic heterocycles. The van der Waals surface area contributed by atoms with E-state index in [4.69, 9.17) is 9.47 Å². The molecule has 0 fully saturated rings. The van der Waals surface area contributed by atoms with Gasteiger partial charge < -0.3 is 19.8 Å². The van der Waals surface area contributed by atoms with Gasteiger partial charge in [0.2, 0.25) is 0 Å². The van der Waals surface area contributed by atoms with Crippen LogP contribution >= 0.6 is 0 Å². The predicted molar refractivity (Wildman–Crippen MR) is 99.4 cm³/mol. The molecule has 6 nitrogen and oxygen atoms in total. The molecular formula is C20H20N2O4. The summed E-state index contributed by atoms with van der Waals surface area (Å²) < 4.78 is 10.8. The zero-order chi connectivity index (χ0) is 18.5. The molecule has 1 aromatic heterocycles. The van der Waals surface area contributed by atoms with Crippen LogP contribution in [0.2, 0.25) is 0 Å². The lowest BCUT2D eigenvalue weighted by atomic mass is 10.2. The topological polar surface area (TPSA) is 80.4 Å². The molecule has 1 unspecified atom stereocenters. The Bertz CT molecular complexity index is 932. The third kappa shape index (κ3) is 3.69. The number of carbonyl (C=O) groups excluding carboxylic acids is 2. The van der Waals surface area contributed by atoms with E-state index in [2.05, 4.69) is 10.3 Å². The van der Waals surface area contributed by atoms with Crippen LogP contribution in [0, 0.1) is 0 Å². The molecule has 2 N–H and O–H groups in total. The number of para-hydroxylation sites is 3. The highest BCUT2D eigenvalue weighted by Crippen LogP contribution is 2.24. The lowest BCUT2D eigenvalue weighted by Crippen LogP contribution is -2.30. The first kappa shape index (κ1) is 17.5. The summed E-state index contributed by atoms with van der Waals surface area (Å²) in [6.45, 7) is 3.88. The van der Waals surface area contributed by atoms with Crippen LogP contribution < -0.4 is 10.1 Å². The maximum absolute atomic E-state index is 12.4. The Hall–Kier alpha value is -3.28. The maximum Gasteiger partial charge on any atom is 0.341 e. The number of benzene rings is 2. The molecule has 0 aliphatic carbocycles. The average molecular weight is 352 g/mol. The lowest BCUT2D eigenvalue weighted by molar-refractivity contribution is -0.123. The van der Waals surface area contributed by atoms with Gasteiger partial charge in [-0.05, 0) is 32.0 Å². The molecule has 0 saturated heterocycles. The number of hydrogen-bond acceptors (Lipinski definition) is 4. The van der Waals surface area contributed by atoms with Crippen molar-refractivity contribution < 1.29 is 19.1 Å². The number of nitrogens with one attached hydrogen (secondary N) is 2. The van der Waals surface area contributed by atoms with Crippen molar-refractivity contribution in [1.82, 2.24) is 4.98 Å². The van der Waals surface area contributed by atoms with Gasteiger partial charge in [0.15, 0.2) is 6.10 Å². The van der Waals surface area contributed by atoms with Gasteiger partial charge in [0.05, 0.1) is 17.9 Å². The number of H-pyrrole nitrogens is 1. The van der Waals surface area contributed by atoms with Crippen molar-refractivity contribution in [3.63, 3.8) is 0 Å². The van der Waals surface area contributed by atoms with Gasteiger partial charge in [0, 0.05) is 17.1 Å². The second-order valence-corrected chi connectivity index (χ2v) is 5.71. The minimum atomic E-state index is -0.953. The third-order valence-electron chi connectivity index (χ3n) is 3.91. The molecule has 3 aromatic rings. The Morgan fingerprint density at radius 2 is 1.85 bits per heavy atom. The quantitative estimate of drug-likeness (QED) is 0.662. The van der Waals surface area contributed by atoms with Gasteiger partial charge >= 0.3 is 5.97 Å². The van der Waals surface area contributed by atoms with E-state index >= 15 is 0 Å². The first-order chi connectivity index (χ1) is 12.6. The molecular weight excluding hydrogens is 332 g/mol. The number of amides is 1. The molecule has 1 amide bonds. The molecule has 26 heavy (non-hydrogen) atoms. The van der Waals surface area contributed by atoms with E-state index in [0.717, 1.165) is 10.9 Å². The van der Waals surface area contributed by atoms with E-state index in [1.807, 2.05) is 37.3 Å². The van der Waals surface area contributed by atoms with Gasteiger partial charge in [-0.1, -0.05) is 30.3 Å². The molecule has 0 spiro atoms. The summed E-state index contributed by atoms with van der Waals surface area (Å²) >= 11 is 0. The van der Waals surface area contributed by atoms with Crippen molar-refractivity contribution in [3.05, 3.63) is 60.3 Å². The predicted octanol–water partition coefficient (Wildman–Crippen LogP) is 3.75. The van der Waals surface area contributed by atoms with Crippen LogP contribution in [0.4, 0.5) is 5.69 Å². The van der Waals surface area contributed by atoms with Crippen molar-refractivity contribution in [3.8, 4) is 5.75 Å². The molecule has 1 heterocycles. The highest BCUT2D eigenvalue weighted by Gasteiger charge is 2.21. The summed E-state index contributed by atoms with van der Waals surface area (Å²) in [6.07, 6.45) is 0.632. The van der Waals surface area contributed by atoms with E-state index < -0.39 is 18.0 Å². The summed E-state index contributed by atoms with van der Waals surface area (Å²) in [6, 6.07) is 14.5. The number of anilines is 1. The van der Waals surface area contributed by atoms with Crippen molar-refractivity contribution in [2.75, 3.05) is 11.9 Å². The average Bonchev–Trinajstić information content (AvgIpc) is 3.07. The van der Waals surface area contributed by atoms with Crippen molar-refractivity contribution in [2.45, 2.75) is 20.0 Å². The van der Waals surface area contributed by atoms with E-state index in [0.29, 0.717) is 23.6 Å².